The summed E-state index contributed by atoms with van der Waals surface area (Å²) < 4.78 is 27.8. The van der Waals surface area contributed by atoms with Crippen LogP contribution in [0.4, 0.5) is 9.18 Å². The van der Waals surface area contributed by atoms with Gasteiger partial charge in [-0.05, 0) is 80.9 Å². The molecule has 2 atom stereocenters. The van der Waals surface area contributed by atoms with Crippen LogP contribution in [0.5, 0.6) is 0 Å². The van der Waals surface area contributed by atoms with E-state index in [-0.39, 0.29) is 28.4 Å². The van der Waals surface area contributed by atoms with Crippen LogP contribution in [0, 0.1) is 11.7 Å². The predicted molar refractivity (Wildman–Crippen MR) is 149 cm³/mol. The third-order valence-electron chi connectivity index (χ3n) is 7.37. The van der Waals surface area contributed by atoms with Crippen LogP contribution < -0.4 is 10.9 Å². The van der Waals surface area contributed by atoms with Crippen molar-refractivity contribution in [1.29, 1.82) is 0 Å². The minimum absolute atomic E-state index is 0.0294. The minimum atomic E-state index is -2.00. The summed E-state index contributed by atoms with van der Waals surface area (Å²) in [5, 5.41) is 3.84. The quantitative estimate of drug-likeness (QED) is 0.484. The topological polar surface area (TPSA) is 72.8 Å². The van der Waals surface area contributed by atoms with Crippen molar-refractivity contribution in [2.45, 2.75) is 84.3 Å². The molecular weight excluding hydrogens is 489 g/mol. The maximum atomic E-state index is 14.0. The number of nitrogens with one attached hydrogen (secondary N) is 1. The second-order valence-electron chi connectivity index (χ2n) is 12.8. The van der Waals surface area contributed by atoms with Gasteiger partial charge in [-0.1, -0.05) is 20.8 Å². The second-order valence-corrected chi connectivity index (χ2v) is 17.5. The Morgan fingerprint density at radius 3 is 2.41 bits per heavy atom. The van der Waals surface area contributed by atoms with Crippen LogP contribution >= 0.6 is 0 Å². The lowest BCUT2D eigenvalue weighted by Gasteiger charge is -2.44. The normalized spacial score (nSPS) is 19.7. The zero-order valence-electron chi connectivity index (χ0n) is 23.7. The van der Waals surface area contributed by atoms with Crippen molar-refractivity contribution in [2.24, 2.45) is 5.92 Å². The number of aromatic nitrogens is 1. The van der Waals surface area contributed by atoms with Gasteiger partial charge in [-0.3, -0.25) is 9.69 Å². The summed E-state index contributed by atoms with van der Waals surface area (Å²) in [6.07, 6.45) is 0.454. The fourth-order valence-corrected chi connectivity index (χ4v) is 5.89. The number of fused-ring (bicyclic) bond motifs is 1. The average Bonchev–Trinajstić information content (AvgIpc) is 2.74. The number of pyridine rings is 1. The van der Waals surface area contributed by atoms with Gasteiger partial charge in [0.2, 0.25) is 0 Å². The third kappa shape index (κ3) is 8.12. The Labute approximate surface area is 221 Å². The van der Waals surface area contributed by atoms with Gasteiger partial charge >= 0.3 is 6.09 Å². The van der Waals surface area contributed by atoms with E-state index in [2.05, 4.69) is 44.1 Å². The van der Waals surface area contributed by atoms with Crippen molar-refractivity contribution in [3.63, 3.8) is 0 Å². The Morgan fingerprint density at radius 2 is 1.76 bits per heavy atom. The van der Waals surface area contributed by atoms with Gasteiger partial charge in [0.15, 0.2) is 8.32 Å². The number of hydrogen-bond acceptors (Lipinski definition) is 5. The second kappa shape index (κ2) is 11.3. The van der Waals surface area contributed by atoms with Crippen LogP contribution in [0.3, 0.4) is 0 Å². The molecule has 1 N–H and O–H groups in total. The maximum absolute atomic E-state index is 14.0. The van der Waals surface area contributed by atoms with Crippen LogP contribution in [-0.2, 0) is 15.7 Å². The lowest BCUT2D eigenvalue weighted by Crippen LogP contribution is -2.53. The SMILES string of the molecule is CC(C)(C)OC(=O)NC[C@@H]1C[C@H](O[Si](C)(C)C(C)(C)C)CN(CCn2c(=O)ccc3ccc(F)cc32)C1. The van der Waals surface area contributed by atoms with Gasteiger partial charge < -0.3 is 19.0 Å². The molecule has 9 heteroatoms. The Balaban J connectivity index is 1.75. The van der Waals surface area contributed by atoms with Crippen molar-refractivity contribution < 1.29 is 18.3 Å². The molecule has 0 bridgehead atoms. The standard InChI is InChI=1S/C28H44FN3O4Si/c1-27(2,3)35-26(34)30-17-20-15-23(36-37(7,8)28(4,5)6)19-31(18-20)13-14-32-24-16-22(29)11-9-21(24)10-12-25(32)33/h9-12,16,20,23H,13-15,17-19H2,1-8H3,(H,30,34)/t20-,23-/m0/s1. The third-order valence-corrected chi connectivity index (χ3v) is 11.9. The van der Waals surface area contributed by atoms with Gasteiger partial charge in [0.1, 0.15) is 11.4 Å². The summed E-state index contributed by atoms with van der Waals surface area (Å²) in [7, 11) is -2.00. The van der Waals surface area contributed by atoms with Gasteiger partial charge in [-0.25, -0.2) is 9.18 Å². The van der Waals surface area contributed by atoms with Crippen molar-refractivity contribution in [3.05, 3.63) is 46.5 Å². The predicted octanol–water partition coefficient (Wildman–Crippen LogP) is 5.38. The van der Waals surface area contributed by atoms with E-state index in [9.17, 15) is 14.0 Å². The van der Waals surface area contributed by atoms with E-state index in [1.807, 2.05) is 20.8 Å². The number of halogens is 1. The zero-order chi connectivity index (χ0) is 27.6. The Bertz CT molecular complexity index is 1150. The summed E-state index contributed by atoms with van der Waals surface area (Å²) >= 11 is 0. The molecule has 1 fully saturated rings. The highest BCUT2D eigenvalue weighted by Gasteiger charge is 2.41. The number of piperidine rings is 1. The van der Waals surface area contributed by atoms with Gasteiger partial charge in [0.25, 0.3) is 5.56 Å². The molecule has 0 spiro atoms. The molecule has 2 aromatic rings. The van der Waals surface area contributed by atoms with E-state index in [0.717, 1.165) is 24.9 Å². The minimum Gasteiger partial charge on any atom is -0.444 e. The number of carbonyl (C=O) groups excluding carboxylic acids is 1. The average molecular weight is 534 g/mol. The number of ether oxygens (including phenoxy) is 1. The monoisotopic (exact) mass is 533 g/mol. The molecule has 1 aromatic heterocycles. The number of nitrogens with zero attached hydrogens (tertiary/aromatic N) is 2. The summed E-state index contributed by atoms with van der Waals surface area (Å²) in [4.78, 5) is 27.3. The summed E-state index contributed by atoms with van der Waals surface area (Å²) in [6, 6.07) is 7.79. The molecule has 206 valence electrons. The summed E-state index contributed by atoms with van der Waals surface area (Å²) in [6.45, 7) is 19.8. The van der Waals surface area contributed by atoms with Gasteiger partial charge in [0, 0.05) is 38.8 Å². The molecular formula is C28H44FN3O4Si. The molecule has 37 heavy (non-hydrogen) atoms. The van der Waals surface area contributed by atoms with Crippen LogP contribution in [0.2, 0.25) is 18.1 Å². The molecule has 3 rings (SSSR count). The Hall–Kier alpha value is -2.23. The van der Waals surface area contributed by atoms with E-state index in [1.54, 1.807) is 16.7 Å². The smallest absolute Gasteiger partial charge is 0.407 e. The van der Waals surface area contributed by atoms with E-state index in [4.69, 9.17) is 9.16 Å². The molecule has 1 saturated heterocycles. The molecule has 1 aliphatic heterocycles. The fourth-order valence-electron chi connectivity index (χ4n) is 4.53. The molecule has 0 aliphatic carbocycles. The number of carbonyl (C=O) groups is 1. The molecule has 1 aromatic carbocycles. The lowest BCUT2D eigenvalue weighted by atomic mass is 9.96. The van der Waals surface area contributed by atoms with Gasteiger partial charge in [-0.2, -0.15) is 0 Å². The summed E-state index contributed by atoms with van der Waals surface area (Å²) in [5.41, 5.74) is -0.101. The van der Waals surface area contributed by atoms with Crippen molar-refractivity contribution in [1.82, 2.24) is 14.8 Å². The molecule has 0 unspecified atom stereocenters. The van der Waals surface area contributed by atoms with Crippen LogP contribution in [0.15, 0.2) is 35.1 Å². The van der Waals surface area contributed by atoms with Gasteiger partial charge in [0.05, 0.1) is 11.6 Å². The number of rotatable bonds is 7. The van der Waals surface area contributed by atoms with E-state index in [0.29, 0.717) is 25.2 Å². The first-order chi connectivity index (χ1) is 17.0. The van der Waals surface area contributed by atoms with E-state index in [1.165, 1.54) is 18.2 Å². The summed E-state index contributed by atoms with van der Waals surface area (Å²) in [5.74, 6) is -0.182. The first-order valence-corrected chi connectivity index (χ1v) is 16.1. The largest absolute Gasteiger partial charge is 0.444 e. The van der Waals surface area contributed by atoms with Crippen molar-refractivity contribution >= 4 is 25.3 Å². The van der Waals surface area contributed by atoms with E-state index >= 15 is 0 Å². The first kappa shape index (κ1) is 29.3. The number of alkyl carbamates (subject to hydrolysis) is 1. The molecule has 7 nitrogen and oxygen atoms in total. The Kier molecular flexibility index (Phi) is 8.92. The molecule has 2 heterocycles. The van der Waals surface area contributed by atoms with Crippen LogP contribution in [0.1, 0.15) is 48.0 Å². The fraction of sp³-hybridized carbons (Fsp3) is 0.643. The number of amides is 1. The van der Waals surface area contributed by atoms with Crippen molar-refractivity contribution in [3.8, 4) is 0 Å². The molecule has 1 aliphatic rings. The van der Waals surface area contributed by atoms with Gasteiger partial charge in [-0.15, -0.1) is 0 Å². The number of likely N-dealkylation sites (tertiary alicyclic amines) is 1. The highest BCUT2D eigenvalue weighted by molar-refractivity contribution is 6.74. The first-order valence-electron chi connectivity index (χ1n) is 13.2. The maximum Gasteiger partial charge on any atom is 0.407 e. The Morgan fingerprint density at radius 1 is 1.08 bits per heavy atom. The van der Waals surface area contributed by atoms with Crippen LogP contribution in [0.25, 0.3) is 10.9 Å². The van der Waals surface area contributed by atoms with Crippen LogP contribution in [-0.4, -0.2) is 61.8 Å². The molecule has 0 radical (unpaired) electrons. The highest BCUT2D eigenvalue weighted by Crippen LogP contribution is 2.38. The van der Waals surface area contributed by atoms with E-state index < -0.39 is 20.0 Å². The lowest BCUT2D eigenvalue weighted by molar-refractivity contribution is 0.0361. The molecule has 1 amide bonds. The highest BCUT2D eigenvalue weighted by atomic mass is 28.4. The number of benzene rings is 1. The van der Waals surface area contributed by atoms with Crippen molar-refractivity contribution in [2.75, 3.05) is 26.2 Å². The molecule has 0 saturated carbocycles. The zero-order valence-corrected chi connectivity index (χ0v) is 24.7. The number of hydrogen-bond donors (Lipinski definition) is 1.